The van der Waals surface area contributed by atoms with E-state index in [1.54, 1.807) is 0 Å². The van der Waals surface area contributed by atoms with Crippen molar-refractivity contribution in [3.63, 3.8) is 0 Å². The average molecular weight is 356 g/mol. The molecule has 0 fully saturated rings. The lowest BCUT2D eigenvalue weighted by atomic mass is 9.96. The van der Waals surface area contributed by atoms with E-state index >= 15 is 0 Å². The minimum atomic E-state index is 0.524. The van der Waals surface area contributed by atoms with E-state index in [9.17, 15) is 0 Å². The molecule has 1 atom stereocenters. The van der Waals surface area contributed by atoms with Gasteiger partial charge in [0.05, 0.1) is 5.69 Å². The number of nitrogens with zero attached hydrogens (tertiary/aromatic N) is 2. The quantitative estimate of drug-likeness (QED) is 0.689. The second-order valence-electron chi connectivity index (χ2n) is 5.11. The second-order valence-corrected chi connectivity index (χ2v) is 6.17. The molecule has 0 N–H and O–H groups in total. The van der Waals surface area contributed by atoms with Crippen LogP contribution in [0.4, 0.5) is 0 Å². The zero-order valence-corrected chi connectivity index (χ0v) is 14.3. The van der Waals surface area contributed by atoms with Gasteiger partial charge in [-0.05, 0) is 50.3 Å². The number of aryl methyl sites for hydroxylation is 2. The fraction of sp³-hybridized carbons (Fsp3) is 0.438. The van der Waals surface area contributed by atoms with Crippen LogP contribution < -0.4 is 0 Å². The van der Waals surface area contributed by atoms with E-state index in [2.05, 4.69) is 44.8 Å². The molecule has 0 spiro atoms. The van der Waals surface area contributed by atoms with Gasteiger partial charge in [-0.2, -0.15) is 5.10 Å². The number of rotatable bonds is 6. The molecule has 0 radical (unpaired) electrons. The zero-order chi connectivity index (χ0) is 14.5. The lowest BCUT2D eigenvalue weighted by Crippen LogP contribution is -2.13. The molecule has 1 unspecified atom stereocenters. The Morgan fingerprint density at radius 1 is 1.30 bits per heavy atom. The predicted octanol–water partition coefficient (Wildman–Crippen LogP) is 4.66. The lowest BCUT2D eigenvalue weighted by molar-refractivity contribution is 0.536. The fourth-order valence-electron chi connectivity index (χ4n) is 2.49. The first kappa shape index (κ1) is 15.6. The van der Waals surface area contributed by atoms with Crippen LogP contribution in [-0.2, 0) is 19.4 Å². The maximum Gasteiger partial charge on any atom is 0.0596 e. The number of hydrogen-bond donors (Lipinski definition) is 0. The maximum atomic E-state index is 6.26. The minimum Gasteiger partial charge on any atom is -0.270 e. The van der Waals surface area contributed by atoms with Crippen molar-refractivity contribution in [3.8, 4) is 0 Å². The van der Waals surface area contributed by atoms with E-state index in [0.29, 0.717) is 5.92 Å². The van der Waals surface area contributed by atoms with Crippen LogP contribution in [0.5, 0.6) is 0 Å². The Morgan fingerprint density at radius 3 is 2.70 bits per heavy atom. The summed E-state index contributed by atoms with van der Waals surface area (Å²) in [5.41, 5.74) is 3.62. The molecule has 0 aliphatic rings. The van der Waals surface area contributed by atoms with Gasteiger partial charge in [0, 0.05) is 22.6 Å². The van der Waals surface area contributed by atoms with Gasteiger partial charge in [-0.1, -0.05) is 45.7 Å². The van der Waals surface area contributed by atoms with E-state index in [4.69, 9.17) is 11.6 Å². The highest BCUT2D eigenvalue weighted by Gasteiger charge is 2.14. The summed E-state index contributed by atoms with van der Waals surface area (Å²) in [6, 6.07) is 10.3. The van der Waals surface area contributed by atoms with Crippen LogP contribution in [0.3, 0.4) is 0 Å². The van der Waals surface area contributed by atoms with Crippen molar-refractivity contribution in [2.24, 2.45) is 5.92 Å². The van der Waals surface area contributed by atoms with Crippen molar-refractivity contribution in [1.29, 1.82) is 0 Å². The van der Waals surface area contributed by atoms with Gasteiger partial charge in [-0.3, -0.25) is 4.68 Å². The molecule has 1 aromatic heterocycles. The first-order chi connectivity index (χ1) is 9.63. The lowest BCUT2D eigenvalue weighted by Gasteiger charge is -2.15. The molecule has 4 heteroatoms. The molecular weight excluding hydrogens is 336 g/mol. The number of alkyl halides is 1. The molecule has 0 bridgehead atoms. The monoisotopic (exact) mass is 354 g/mol. The van der Waals surface area contributed by atoms with Gasteiger partial charge < -0.3 is 0 Å². The Bertz CT molecular complexity index is 565. The van der Waals surface area contributed by atoms with Gasteiger partial charge in [-0.15, -0.1) is 0 Å². The van der Waals surface area contributed by atoms with Crippen molar-refractivity contribution >= 4 is 27.5 Å². The molecule has 20 heavy (non-hydrogen) atoms. The smallest absolute Gasteiger partial charge is 0.0596 e. The Kier molecular flexibility index (Phi) is 5.67. The standard InChI is InChI=1S/C16H20BrClN2/c1-3-20-15(8-12(2)19-20)10-13(11-17)9-14-6-4-5-7-16(14)18/h4-8,13H,3,9-11H2,1-2H3. The molecule has 0 amide bonds. The second kappa shape index (κ2) is 7.28. The van der Waals surface area contributed by atoms with E-state index in [1.807, 2.05) is 25.1 Å². The largest absolute Gasteiger partial charge is 0.270 e. The van der Waals surface area contributed by atoms with Crippen LogP contribution in [-0.4, -0.2) is 15.1 Å². The summed E-state index contributed by atoms with van der Waals surface area (Å²) >= 11 is 9.89. The van der Waals surface area contributed by atoms with Crippen LogP contribution in [0.2, 0.25) is 5.02 Å². The zero-order valence-electron chi connectivity index (χ0n) is 11.9. The van der Waals surface area contributed by atoms with Crippen molar-refractivity contribution in [2.45, 2.75) is 33.2 Å². The molecular formula is C16H20BrClN2. The van der Waals surface area contributed by atoms with Crippen LogP contribution in [0.1, 0.15) is 23.9 Å². The Morgan fingerprint density at radius 2 is 2.05 bits per heavy atom. The predicted molar refractivity (Wildman–Crippen MR) is 88.8 cm³/mol. The van der Waals surface area contributed by atoms with Gasteiger partial charge in [0.2, 0.25) is 0 Å². The molecule has 1 aromatic carbocycles. The van der Waals surface area contributed by atoms with Gasteiger partial charge in [0.15, 0.2) is 0 Å². The topological polar surface area (TPSA) is 17.8 Å². The fourth-order valence-corrected chi connectivity index (χ4v) is 3.16. The SMILES string of the molecule is CCn1nc(C)cc1CC(CBr)Cc1ccccc1Cl. The summed E-state index contributed by atoms with van der Waals surface area (Å²) in [5.74, 6) is 0.524. The molecule has 0 aliphatic carbocycles. The molecule has 0 aliphatic heterocycles. The highest BCUT2D eigenvalue weighted by atomic mass is 79.9. The van der Waals surface area contributed by atoms with E-state index in [1.165, 1.54) is 11.3 Å². The van der Waals surface area contributed by atoms with Crippen LogP contribution >= 0.6 is 27.5 Å². The minimum absolute atomic E-state index is 0.524. The van der Waals surface area contributed by atoms with Crippen molar-refractivity contribution in [1.82, 2.24) is 9.78 Å². The summed E-state index contributed by atoms with van der Waals surface area (Å²) in [7, 11) is 0. The number of aromatic nitrogens is 2. The van der Waals surface area contributed by atoms with Crippen LogP contribution in [0, 0.1) is 12.8 Å². The normalized spacial score (nSPS) is 12.6. The molecule has 0 saturated carbocycles. The molecule has 2 nitrogen and oxygen atoms in total. The third-order valence-electron chi connectivity index (χ3n) is 3.47. The molecule has 2 rings (SSSR count). The first-order valence-corrected chi connectivity index (χ1v) is 8.46. The van der Waals surface area contributed by atoms with Gasteiger partial charge in [0.1, 0.15) is 0 Å². The van der Waals surface area contributed by atoms with Crippen molar-refractivity contribution < 1.29 is 0 Å². The van der Waals surface area contributed by atoms with Crippen molar-refractivity contribution in [2.75, 3.05) is 5.33 Å². The summed E-state index contributed by atoms with van der Waals surface area (Å²) in [6.45, 7) is 5.10. The third kappa shape index (κ3) is 3.86. The first-order valence-electron chi connectivity index (χ1n) is 6.96. The average Bonchev–Trinajstić information content (AvgIpc) is 2.80. The summed E-state index contributed by atoms with van der Waals surface area (Å²) in [4.78, 5) is 0. The maximum absolute atomic E-state index is 6.26. The Balaban J connectivity index is 2.11. The van der Waals surface area contributed by atoms with Gasteiger partial charge in [-0.25, -0.2) is 0 Å². The number of hydrogen-bond acceptors (Lipinski definition) is 1. The van der Waals surface area contributed by atoms with Crippen molar-refractivity contribution in [3.05, 3.63) is 52.3 Å². The summed E-state index contributed by atoms with van der Waals surface area (Å²) in [5, 5.41) is 6.34. The highest BCUT2D eigenvalue weighted by molar-refractivity contribution is 9.09. The number of halogens is 2. The Hall–Kier alpha value is -0.800. The molecule has 108 valence electrons. The summed E-state index contributed by atoms with van der Waals surface area (Å²) < 4.78 is 2.09. The van der Waals surface area contributed by atoms with Crippen LogP contribution in [0.15, 0.2) is 30.3 Å². The third-order valence-corrected chi connectivity index (χ3v) is 4.75. The summed E-state index contributed by atoms with van der Waals surface area (Å²) in [6.07, 6.45) is 2.00. The number of benzene rings is 1. The van der Waals surface area contributed by atoms with E-state index < -0.39 is 0 Å². The van der Waals surface area contributed by atoms with Gasteiger partial charge in [0.25, 0.3) is 0 Å². The van der Waals surface area contributed by atoms with E-state index in [0.717, 1.165) is 35.4 Å². The highest BCUT2D eigenvalue weighted by Crippen LogP contribution is 2.22. The molecule has 2 aromatic rings. The Labute approximate surface area is 134 Å². The molecule has 0 saturated heterocycles. The van der Waals surface area contributed by atoms with Gasteiger partial charge >= 0.3 is 0 Å². The molecule has 1 heterocycles. The van der Waals surface area contributed by atoms with Crippen LogP contribution in [0.25, 0.3) is 0 Å². The van der Waals surface area contributed by atoms with E-state index in [-0.39, 0.29) is 0 Å².